The number of hydrogen-bond acceptors (Lipinski definition) is 6. The minimum Gasteiger partial charge on any atom is -0.340 e. The third-order valence-corrected chi connectivity index (χ3v) is 5.00. The molecule has 4 rings (SSSR count). The molecule has 0 radical (unpaired) electrons. The molecule has 0 N–H and O–H groups in total. The van der Waals surface area contributed by atoms with Crippen LogP contribution >= 0.6 is 0 Å². The first kappa shape index (κ1) is 15.0. The molecule has 24 heavy (non-hydrogen) atoms. The fourth-order valence-corrected chi connectivity index (χ4v) is 3.85. The molecule has 4 heterocycles. The quantitative estimate of drug-likeness (QED) is 0.831. The van der Waals surface area contributed by atoms with E-state index < -0.39 is 0 Å². The fraction of sp³-hybridized carbons (Fsp3) is 0.471. The van der Waals surface area contributed by atoms with Crippen LogP contribution < -0.4 is 4.90 Å². The van der Waals surface area contributed by atoms with Crippen molar-refractivity contribution in [3.05, 3.63) is 42.7 Å². The maximum Gasteiger partial charge on any atom is 0.274 e. The van der Waals surface area contributed by atoms with Gasteiger partial charge in [0.2, 0.25) is 5.95 Å². The van der Waals surface area contributed by atoms with Gasteiger partial charge in [-0.3, -0.25) is 9.78 Å². The van der Waals surface area contributed by atoms with Crippen LogP contribution in [0.4, 0.5) is 5.95 Å². The van der Waals surface area contributed by atoms with Gasteiger partial charge in [-0.05, 0) is 25.3 Å². The smallest absolute Gasteiger partial charge is 0.274 e. The first-order chi connectivity index (χ1) is 11.8. The van der Waals surface area contributed by atoms with Crippen molar-refractivity contribution in [2.75, 3.05) is 31.1 Å². The molecule has 0 aromatic carbocycles. The van der Waals surface area contributed by atoms with Gasteiger partial charge in [0.25, 0.3) is 5.91 Å². The summed E-state index contributed by atoms with van der Waals surface area (Å²) in [4.78, 5) is 33.7. The van der Waals surface area contributed by atoms with Crippen LogP contribution in [-0.4, -0.2) is 56.9 Å². The summed E-state index contributed by atoms with van der Waals surface area (Å²) in [5.74, 6) is 0.767. The molecular weight excluding hydrogens is 304 g/mol. The lowest BCUT2D eigenvalue weighted by Gasteiger charge is -2.40. The lowest BCUT2D eigenvalue weighted by Crippen LogP contribution is -2.47. The van der Waals surface area contributed by atoms with E-state index in [1.165, 1.54) is 0 Å². The predicted octanol–water partition coefficient (Wildman–Crippen LogP) is 1.40. The van der Waals surface area contributed by atoms with Crippen LogP contribution in [0.5, 0.6) is 0 Å². The molecule has 1 amide bonds. The van der Waals surface area contributed by atoms with Crippen LogP contribution in [0.3, 0.4) is 0 Å². The second kappa shape index (κ2) is 6.14. The van der Waals surface area contributed by atoms with Crippen LogP contribution in [-0.2, 0) is 0 Å². The largest absolute Gasteiger partial charge is 0.340 e. The van der Waals surface area contributed by atoms with E-state index in [2.05, 4.69) is 24.8 Å². The van der Waals surface area contributed by atoms with Crippen LogP contribution in [0.1, 0.15) is 29.8 Å². The number of carbonyl (C=O) groups is 1. The van der Waals surface area contributed by atoms with Gasteiger partial charge in [-0.1, -0.05) is 0 Å². The van der Waals surface area contributed by atoms with Crippen molar-refractivity contribution in [3.63, 3.8) is 0 Å². The van der Waals surface area contributed by atoms with E-state index in [1.54, 1.807) is 31.0 Å². The molecule has 0 saturated carbocycles. The zero-order valence-corrected chi connectivity index (χ0v) is 13.5. The van der Waals surface area contributed by atoms with Gasteiger partial charge in [0.15, 0.2) is 0 Å². The zero-order chi connectivity index (χ0) is 16.4. The van der Waals surface area contributed by atoms with E-state index in [-0.39, 0.29) is 11.3 Å². The van der Waals surface area contributed by atoms with Crippen molar-refractivity contribution in [2.45, 2.75) is 19.3 Å². The Bertz CT molecular complexity index is 710. The zero-order valence-electron chi connectivity index (χ0n) is 13.5. The van der Waals surface area contributed by atoms with Crippen molar-refractivity contribution in [2.24, 2.45) is 5.41 Å². The molecule has 2 aromatic rings. The summed E-state index contributed by atoms with van der Waals surface area (Å²) in [6.45, 7) is 3.41. The molecule has 7 heteroatoms. The lowest BCUT2D eigenvalue weighted by atomic mass is 9.79. The topological polar surface area (TPSA) is 75.1 Å². The first-order valence-electron chi connectivity index (χ1n) is 8.33. The summed E-state index contributed by atoms with van der Waals surface area (Å²) >= 11 is 0. The number of likely N-dealkylation sites (tertiary alicyclic amines) is 1. The fourth-order valence-electron chi connectivity index (χ4n) is 3.85. The van der Waals surface area contributed by atoms with Gasteiger partial charge in [0.1, 0.15) is 5.69 Å². The second-order valence-electron chi connectivity index (χ2n) is 6.64. The van der Waals surface area contributed by atoms with Gasteiger partial charge in [-0.2, -0.15) is 0 Å². The van der Waals surface area contributed by atoms with Gasteiger partial charge < -0.3 is 9.80 Å². The first-order valence-corrected chi connectivity index (χ1v) is 8.33. The Morgan fingerprint density at radius 3 is 2.67 bits per heavy atom. The molecule has 124 valence electrons. The molecule has 2 aliphatic rings. The highest BCUT2D eigenvalue weighted by molar-refractivity contribution is 5.92. The SMILES string of the molecule is O=C(c1cnccn1)N1CCC[C@]2(CCN(c3ncccn3)C2)C1. The number of rotatable bonds is 2. The summed E-state index contributed by atoms with van der Waals surface area (Å²) in [6, 6.07) is 1.83. The number of piperidine rings is 1. The number of nitrogens with zero attached hydrogens (tertiary/aromatic N) is 6. The van der Waals surface area contributed by atoms with Gasteiger partial charge in [0, 0.05) is 56.4 Å². The molecule has 2 saturated heterocycles. The van der Waals surface area contributed by atoms with Crippen LogP contribution in [0.15, 0.2) is 37.1 Å². The van der Waals surface area contributed by atoms with Crippen molar-refractivity contribution in [1.29, 1.82) is 0 Å². The summed E-state index contributed by atoms with van der Waals surface area (Å²) in [5, 5.41) is 0. The minimum absolute atomic E-state index is 0.0170. The molecule has 2 aliphatic heterocycles. The number of anilines is 1. The normalized spacial score (nSPS) is 23.7. The Kier molecular flexibility index (Phi) is 3.84. The number of amides is 1. The second-order valence-corrected chi connectivity index (χ2v) is 6.64. The van der Waals surface area contributed by atoms with Crippen molar-refractivity contribution in [3.8, 4) is 0 Å². The molecule has 0 aliphatic carbocycles. The highest BCUT2D eigenvalue weighted by atomic mass is 16.2. The average molecular weight is 324 g/mol. The van der Waals surface area contributed by atoms with Gasteiger partial charge in [0.05, 0.1) is 6.20 Å². The Hall–Kier alpha value is -2.57. The minimum atomic E-state index is -0.0170. The molecule has 2 aromatic heterocycles. The highest BCUT2D eigenvalue weighted by Gasteiger charge is 2.43. The molecule has 1 spiro atoms. The Morgan fingerprint density at radius 2 is 1.88 bits per heavy atom. The van der Waals surface area contributed by atoms with E-state index in [0.29, 0.717) is 5.69 Å². The maximum absolute atomic E-state index is 12.7. The predicted molar refractivity (Wildman–Crippen MR) is 88.5 cm³/mol. The van der Waals surface area contributed by atoms with E-state index in [4.69, 9.17) is 0 Å². The van der Waals surface area contributed by atoms with E-state index in [0.717, 1.165) is 51.4 Å². The van der Waals surface area contributed by atoms with Gasteiger partial charge in [-0.25, -0.2) is 15.0 Å². The number of carbonyl (C=O) groups excluding carboxylic acids is 1. The number of aromatic nitrogens is 4. The third kappa shape index (κ3) is 2.81. The van der Waals surface area contributed by atoms with E-state index in [1.807, 2.05) is 11.0 Å². The highest BCUT2D eigenvalue weighted by Crippen LogP contribution is 2.40. The molecule has 0 bridgehead atoms. The Balaban J connectivity index is 1.48. The third-order valence-electron chi connectivity index (χ3n) is 5.00. The van der Waals surface area contributed by atoms with Crippen LogP contribution in [0, 0.1) is 5.41 Å². The molecule has 2 fully saturated rings. The monoisotopic (exact) mass is 324 g/mol. The molecule has 7 nitrogen and oxygen atoms in total. The number of hydrogen-bond donors (Lipinski definition) is 0. The summed E-state index contributed by atoms with van der Waals surface area (Å²) in [7, 11) is 0. The van der Waals surface area contributed by atoms with Crippen LogP contribution in [0.2, 0.25) is 0 Å². The van der Waals surface area contributed by atoms with Gasteiger partial charge >= 0.3 is 0 Å². The van der Waals surface area contributed by atoms with Crippen molar-refractivity contribution in [1.82, 2.24) is 24.8 Å². The Labute approximate surface area is 140 Å². The Morgan fingerprint density at radius 1 is 1.00 bits per heavy atom. The summed E-state index contributed by atoms with van der Waals surface area (Å²) in [5.41, 5.74) is 0.561. The molecule has 0 unspecified atom stereocenters. The average Bonchev–Trinajstić information content (AvgIpc) is 3.06. The van der Waals surface area contributed by atoms with E-state index in [9.17, 15) is 4.79 Å². The van der Waals surface area contributed by atoms with Crippen LogP contribution in [0.25, 0.3) is 0 Å². The van der Waals surface area contributed by atoms with Crippen molar-refractivity contribution < 1.29 is 4.79 Å². The lowest BCUT2D eigenvalue weighted by molar-refractivity contribution is 0.0550. The molecular formula is C17H20N6O. The summed E-state index contributed by atoms with van der Waals surface area (Å²) < 4.78 is 0. The van der Waals surface area contributed by atoms with E-state index >= 15 is 0 Å². The maximum atomic E-state index is 12.7. The summed E-state index contributed by atoms with van der Waals surface area (Å²) in [6.07, 6.45) is 11.5. The standard InChI is InChI=1S/C17H20N6O/c24-15(14-11-18-7-8-19-14)22-9-1-3-17(12-22)4-10-23(13-17)16-20-5-2-6-21-16/h2,5-8,11H,1,3-4,9-10,12-13H2/t17-/m0/s1. The van der Waals surface area contributed by atoms with Crippen molar-refractivity contribution >= 4 is 11.9 Å². The molecule has 1 atom stereocenters. The van der Waals surface area contributed by atoms with Gasteiger partial charge in [-0.15, -0.1) is 0 Å².